The minimum Gasteiger partial charge on any atom is -0.497 e. The molecule has 3 rings (SSSR count). The van der Waals surface area contributed by atoms with Gasteiger partial charge in [-0.2, -0.15) is 5.10 Å². The van der Waals surface area contributed by atoms with E-state index in [9.17, 15) is 9.59 Å². The van der Waals surface area contributed by atoms with E-state index < -0.39 is 18.0 Å². The summed E-state index contributed by atoms with van der Waals surface area (Å²) in [5.41, 5.74) is 1.77. The Morgan fingerprint density at radius 3 is 2.37 bits per heavy atom. The van der Waals surface area contributed by atoms with Crippen LogP contribution in [0.15, 0.2) is 67.0 Å². The normalized spacial score (nSPS) is 11.5. The molecule has 1 amide bonds. The van der Waals surface area contributed by atoms with Gasteiger partial charge in [0.25, 0.3) is 5.91 Å². The molecule has 7 nitrogen and oxygen atoms in total. The average molecular weight is 365 g/mol. The Labute approximate surface area is 156 Å². The van der Waals surface area contributed by atoms with Gasteiger partial charge in [-0.05, 0) is 61.5 Å². The van der Waals surface area contributed by atoms with Crippen molar-refractivity contribution in [2.45, 2.75) is 13.0 Å². The number of anilines is 1. The maximum atomic E-state index is 12.3. The molecular weight excluding hydrogens is 346 g/mol. The number of hydrogen-bond donors (Lipinski definition) is 1. The highest BCUT2D eigenvalue weighted by atomic mass is 16.5. The molecule has 0 aliphatic heterocycles. The van der Waals surface area contributed by atoms with Crippen LogP contribution in [0.2, 0.25) is 0 Å². The van der Waals surface area contributed by atoms with E-state index in [1.54, 1.807) is 72.7 Å². The SMILES string of the molecule is COc1ccc(NC(=O)[C@H](C)OC(=O)c2ccc(-n3cccn3)cc2)cc1. The second kappa shape index (κ2) is 8.18. The van der Waals surface area contributed by atoms with Crippen molar-refractivity contribution in [3.05, 3.63) is 72.6 Å². The smallest absolute Gasteiger partial charge is 0.338 e. The molecule has 1 heterocycles. The van der Waals surface area contributed by atoms with Crippen LogP contribution in [0.1, 0.15) is 17.3 Å². The van der Waals surface area contributed by atoms with Gasteiger partial charge in [0.05, 0.1) is 18.4 Å². The molecule has 7 heteroatoms. The first-order valence-corrected chi connectivity index (χ1v) is 8.33. The fourth-order valence-corrected chi connectivity index (χ4v) is 2.37. The van der Waals surface area contributed by atoms with E-state index in [4.69, 9.17) is 9.47 Å². The predicted molar refractivity (Wildman–Crippen MR) is 100 cm³/mol. The minimum atomic E-state index is -0.939. The third kappa shape index (κ3) is 4.52. The molecular formula is C20H19N3O4. The van der Waals surface area contributed by atoms with Crippen LogP contribution in [0, 0.1) is 0 Å². The number of ether oxygens (including phenoxy) is 2. The van der Waals surface area contributed by atoms with Crippen molar-refractivity contribution in [3.63, 3.8) is 0 Å². The maximum absolute atomic E-state index is 12.3. The van der Waals surface area contributed by atoms with E-state index >= 15 is 0 Å². The first-order valence-electron chi connectivity index (χ1n) is 8.33. The molecule has 0 radical (unpaired) electrons. The van der Waals surface area contributed by atoms with Gasteiger partial charge in [0, 0.05) is 18.1 Å². The van der Waals surface area contributed by atoms with Gasteiger partial charge in [-0.25, -0.2) is 9.48 Å². The Balaban J connectivity index is 1.58. The van der Waals surface area contributed by atoms with Crippen LogP contribution < -0.4 is 10.1 Å². The van der Waals surface area contributed by atoms with Crippen molar-refractivity contribution in [3.8, 4) is 11.4 Å². The minimum absolute atomic E-state index is 0.356. The van der Waals surface area contributed by atoms with Crippen LogP contribution in [0.4, 0.5) is 5.69 Å². The number of nitrogens with zero attached hydrogens (tertiary/aromatic N) is 2. The fraction of sp³-hybridized carbons (Fsp3) is 0.150. The second-order valence-corrected chi connectivity index (χ2v) is 5.76. The van der Waals surface area contributed by atoms with Crippen molar-refractivity contribution in [2.75, 3.05) is 12.4 Å². The van der Waals surface area contributed by atoms with Crippen LogP contribution in [0.25, 0.3) is 5.69 Å². The van der Waals surface area contributed by atoms with Crippen LogP contribution in [-0.2, 0) is 9.53 Å². The largest absolute Gasteiger partial charge is 0.497 e. The summed E-state index contributed by atoms with van der Waals surface area (Å²) in [5.74, 6) is -0.299. The molecule has 1 atom stereocenters. The number of benzene rings is 2. The lowest BCUT2D eigenvalue weighted by Crippen LogP contribution is -2.30. The molecule has 0 aliphatic rings. The van der Waals surface area contributed by atoms with E-state index in [0.29, 0.717) is 17.0 Å². The van der Waals surface area contributed by atoms with Crippen molar-refractivity contribution in [1.82, 2.24) is 9.78 Å². The summed E-state index contributed by atoms with van der Waals surface area (Å²) in [6.45, 7) is 1.52. The zero-order valence-electron chi connectivity index (χ0n) is 15.0. The molecule has 2 aromatic carbocycles. The Hall–Kier alpha value is -3.61. The lowest BCUT2D eigenvalue weighted by molar-refractivity contribution is -0.123. The number of methoxy groups -OCH3 is 1. The maximum Gasteiger partial charge on any atom is 0.338 e. The molecule has 138 valence electrons. The third-order valence-electron chi connectivity index (χ3n) is 3.88. The number of rotatable bonds is 6. The number of carbonyl (C=O) groups excluding carboxylic acids is 2. The van der Waals surface area contributed by atoms with Gasteiger partial charge in [-0.15, -0.1) is 0 Å². The van der Waals surface area contributed by atoms with E-state index in [1.165, 1.54) is 6.92 Å². The molecule has 3 aromatic rings. The van der Waals surface area contributed by atoms with E-state index in [1.807, 2.05) is 6.07 Å². The van der Waals surface area contributed by atoms with Crippen LogP contribution in [0.5, 0.6) is 5.75 Å². The number of hydrogen-bond acceptors (Lipinski definition) is 5. The van der Waals surface area contributed by atoms with Crippen LogP contribution >= 0.6 is 0 Å². The summed E-state index contributed by atoms with van der Waals surface area (Å²) >= 11 is 0. The molecule has 0 saturated heterocycles. The Morgan fingerprint density at radius 2 is 1.78 bits per heavy atom. The lowest BCUT2D eigenvalue weighted by atomic mass is 10.2. The van der Waals surface area contributed by atoms with Gasteiger partial charge in [-0.3, -0.25) is 4.79 Å². The number of carbonyl (C=O) groups is 2. The van der Waals surface area contributed by atoms with E-state index in [2.05, 4.69) is 10.4 Å². The van der Waals surface area contributed by atoms with Crippen molar-refractivity contribution in [2.24, 2.45) is 0 Å². The fourth-order valence-electron chi connectivity index (χ4n) is 2.37. The summed E-state index contributed by atoms with van der Waals surface area (Å²) in [6.07, 6.45) is 2.54. The Kier molecular flexibility index (Phi) is 5.51. The van der Waals surface area contributed by atoms with Crippen LogP contribution in [-0.4, -0.2) is 34.9 Å². The highest BCUT2D eigenvalue weighted by molar-refractivity contribution is 5.97. The number of nitrogens with one attached hydrogen (secondary N) is 1. The molecule has 1 N–H and O–H groups in total. The van der Waals surface area contributed by atoms with Gasteiger partial charge in [0.1, 0.15) is 5.75 Å². The predicted octanol–water partition coefficient (Wildman–Crippen LogP) is 3.06. The molecule has 0 bridgehead atoms. The highest BCUT2D eigenvalue weighted by Gasteiger charge is 2.19. The summed E-state index contributed by atoms with van der Waals surface area (Å²) in [4.78, 5) is 24.5. The number of esters is 1. The molecule has 0 saturated carbocycles. The number of aromatic nitrogens is 2. The molecule has 0 spiro atoms. The molecule has 0 aliphatic carbocycles. The first kappa shape index (κ1) is 18.2. The third-order valence-corrected chi connectivity index (χ3v) is 3.88. The molecule has 0 unspecified atom stereocenters. The van der Waals surface area contributed by atoms with Crippen LogP contribution in [0.3, 0.4) is 0 Å². The Bertz CT molecular complexity index is 903. The lowest BCUT2D eigenvalue weighted by Gasteiger charge is -2.14. The van der Waals surface area contributed by atoms with Gasteiger partial charge in [0.15, 0.2) is 6.10 Å². The van der Waals surface area contributed by atoms with Gasteiger partial charge in [-0.1, -0.05) is 0 Å². The van der Waals surface area contributed by atoms with Crippen molar-refractivity contribution >= 4 is 17.6 Å². The molecule has 27 heavy (non-hydrogen) atoms. The molecule has 1 aromatic heterocycles. The van der Waals surface area contributed by atoms with Gasteiger partial charge >= 0.3 is 5.97 Å². The highest BCUT2D eigenvalue weighted by Crippen LogP contribution is 2.16. The van der Waals surface area contributed by atoms with E-state index in [-0.39, 0.29) is 0 Å². The topological polar surface area (TPSA) is 82.5 Å². The monoisotopic (exact) mass is 365 g/mol. The zero-order chi connectivity index (χ0) is 19.2. The quantitative estimate of drug-likeness (QED) is 0.679. The van der Waals surface area contributed by atoms with Crippen molar-refractivity contribution < 1.29 is 19.1 Å². The summed E-state index contributed by atoms with van der Waals surface area (Å²) < 4.78 is 12.0. The van der Waals surface area contributed by atoms with Crippen molar-refractivity contribution in [1.29, 1.82) is 0 Å². The van der Waals surface area contributed by atoms with E-state index in [0.717, 1.165) is 5.69 Å². The molecule has 0 fully saturated rings. The van der Waals surface area contributed by atoms with Gasteiger partial charge in [0.2, 0.25) is 0 Å². The second-order valence-electron chi connectivity index (χ2n) is 5.76. The summed E-state index contributed by atoms with van der Waals surface area (Å²) in [5, 5.41) is 6.82. The average Bonchev–Trinajstić information content (AvgIpc) is 3.23. The standard InChI is InChI=1S/C20H19N3O4/c1-14(19(24)22-16-6-10-18(26-2)11-7-16)27-20(25)15-4-8-17(9-5-15)23-13-3-12-21-23/h3-14H,1-2H3,(H,22,24)/t14-/m0/s1. The van der Waals surface area contributed by atoms with Gasteiger partial charge < -0.3 is 14.8 Å². The Morgan fingerprint density at radius 1 is 1.07 bits per heavy atom. The first-order chi connectivity index (χ1) is 13.1. The summed E-state index contributed by atoms with van der Waals surface area (Å²) in [6, 6.07) is 15.5. The number of amides is 1. The zero-order valence-corrected chi connectivity index (χ0v) is 15.0. The summed E-state index contributed by atoms with van der Waals surface area (Å²) in [7, 11) is 1.57.